The van der Waals surface area contributed by atoms with Crippen molar-refractivity contribution in [1.29, 1.82) is 0 Å². The van der Waals surface area contributed by atoms with E-state index >= 15 is 0 Å². The summed E-state index contributed by atoms with van der Waals surface area (Å²) in [4.78, 5) is 22.2. The fourth-order valence-electron chi connectivity index (χ4n) is 1.84. The number of nitrogens with zero attached hydrogens (tertiary/aromatic N) is 1. The van der Waals surface area contributed by atoms with Crippen LogP contribution in [0.4, 0.5) is 5.69 Å². The zero-order valence-corrected chi connectivity index (χ0v) is 9.40. The van der Waals surface area contributed by atoms with Crippen LogP contribution >= 0.6 is 0 Å². The van der Waals surface area contributed by atoms with Gasteiger partial charge < -0.3 is 5.32 Å². The smallest absolute Gasteiger partial charge is 0.277 e. The highest BCUT2D eigenvalue weighted by Crippen LogP contribution is 2.28. The van der Waals surface area contributed by atoms with E-state index in [1.807, 2.05) is 0 Å². The molecule has 1 amide bonds. The third kappa shape index (κ3) is 2.18. The summed E-state index contributed by atoms with van der Waals surface area (Å²) in [5.41, 5.74) is 1.56. The molecular weight excluding hydrogens is 220 g/mol. The first-order valence-corrected chi connectivity index (χ1v) is 5.33. The Balaban J connectivity index is 2.55. The number of hydrogen-bond acceptors (Lipinski definition) is 3. The summed E-state index contributed by atoms with van der Waals surface area (Å²) in [6, 6.07) is 4.88. The summed E-state index contributed by atoms with van der Waals surface area (Å²) < 4.78 is 0. The highest BCUT2D eigenvalue weighted by atomic mass is 16.6. The number of rotatable bonds is 2. The topological polar surface area (TPSA) is 72.2 Å². The maximum atomic E-state index is 11.7. The van der Waals surface area contributed by atoms with E-state index in [0.717, 1.165) is 5.56 Å². The predicted molar refractivity (Wildman–Crippen MR) is 63.4 cm³/mol. The van der Waals surface area contributed by atoms with E-state index in [0.29, 0.717) is 24.1 Å². The Bertz CT molecular complexity index is 520. The first-order chi connectivity index (χ1) is 8.09. The number of amides is 1. The molecule has 1 aliphatic rings. The lowest BCUT2D eigenvalue weighted by atomic mass is 9.98. The Labute approximate surface area is 98.3 Å². The molecule has 1 aromatic carbocycles. The van der Waals surface area contributed by atoms with Gasteiger partial charge in [0, 0.05) is 18.2 Å². The van der Waals surface area contributed by atoms with Gasteiger partial charge in [0.05, 0.1) is 10.5 Å². The van der Waals surface area contributed by atoms with Crippen LogP contribution in [0.25, 0.3) is 5.57 Å². The fourth-order valence-corrected chi connectivity index (χ4v) is 1.84. The first kappa shape index (κ1) is 11.3. The Morgan fingerprint density at radius 3 is 2.82 bits per heavy atom. The molecular formula is C12H12N2O3. The number of benzene rings is 1. The van der Waals surface area contributed by atoms with Crippen molar-refractivity contribution in [2.75, 3.05) is 6.54 Å². The van der Waals surface area contributed by atoms with E-state index in [2.05, 4.69) is 5.32 Å². The predicted octanol–water partition coefficient (Wildman–Crippen LogP) is 1.81. The van der Waals surface area contributed by atoms with Gasteiger partial charge in [0.15, 0.2) is 0 Å². The lowest BCUT2D eigenvalue weighted by molar-refractivity contribution is -0.385. The molecule has 88 valence electrons. The Kier molecular flexibility index (Phi) is 2.91. The zero-order valence-electron chi connectivity index (χ0n) is 9.40. The SMILES string of the molecule is Cc1ccc(C2=CCCNC2=O)c([N+](=O)[O-])c1. The largest absolute Gasteiger partial charge is 0.352 e. The Morgan fingerprint density at radius 2 is 2.18 bits per heavy atom. The molecule has 1 aliphatic heterocycles. The maximum absolute atomic E-state index is 11.7. The van der Waals surface area contributed by atoms with Crippen molar-refractivity contribution in [3.8, 4) is 0 Å². The molecule has 0 radical (unpaired) electrons. The lowest BCUT2D eigenvalue weighted by Gasteiger charge is -2.14. The molecule has 1 aromatic rings. The molecule has 0 saturated carbocycles. The zero-order chi connectivity index (χ0) is 12.4. The van der Waals surface area contributed by atoms with Crippen LogP contribution in [0.3, 0.4) is 0 Å². The van der Waals surface area contributed by atoms with Crippen molar-refractivity contribution in [2.45, 2.75) is 13.3 Å². The number of carbonyl (C=O) groups excluding carboxylic acids is 1. The van der Waals surface area contributed by atoms with E-state index in [1.54, 1.807) is 25.1 Å². The van der Waals surface area contributed by atoms with Gasteiger partial charge in [-0.3, -0.25) is 14.9 Å². The average molecular weight is 232 g/mol. The molecule has 0 aliphatic carbocycles. The molecule has 0 fully saturated rings. The number of nitro benzene ring substituents is 1. The van der Waals surface area contributed by atoms with E-state index in [1.165, 1.54) is 6.07 Å². The van der Waals surface area contributed by atoms with Gasteiger partial charge in [-0.05, 0) is 25.0 Å². The average Bonchev–Trinajstić information content (AvgIpc) is 2.30. The summed E-state index contributed by atoms with van der Waals surface area (Å²) >= 11 is 0. The van der Waals surface area contributed by atoms with Crippen LogP contribution in [0.5, 0.6) is 0 Å². The second kappa shape index (κ2) is 4.37. The Hall–Kier alpha value is -2.17. The standard InChI is InChI=1S/C12H12N2O3/c1-8-4-5-9(11(7-8)14(16)17)10-3-2-6-13-12(10)15/h3-5,7H,2,6H2,1H3,(H,13,15). The summed E-state index contributed by atoms with van der Waals surface area (Å²) in [5.74, 6) is -0.247. The monoisotopic (exact) mass is 232 g/mol. The molecule has 2 rings (SSSR count). The minimum Gasteiger partial charge on any atom is -0.352 e. The minimum absolute atomic E-state index is 0.0201. The van der Waals surface area contributed by atoms with Crippen molar-refractivity contribution < 1.29 is 9.72 Å². The number of nitrogens with one attached hydrogen (secondary N) is 1. The fraction of sp³-hybridized carbons (Fsp3) is 0.250. The van der Waals surface area contributed by atoms with Crippen LogP contribution in [0.1, 0.15) is 17.5 Å². The highest BCUT2D eigenvalue weighted by Gasteiger charge is 2.23. The molecule has 1 heterocycles. The van der Waals surface area contributed by atoms with Crippen LogP contribution in [-0.4, -0.2) is 17.4 Å². The summed E-state index contributed by atoms with van der Waals surface area (Å²) in [6.07, 6.45) is 2.45. The molecule has 1 N–H and O–H groups in total. The Morgan fingerprint density at radius 1 is 1.41 bits per heavy atom. The minimum atomic E-state index is -0.453. The van der Waals surface area contributed by atoms with E-state index in [4.69, 9.17) is 0 Å². The van der Waals surface area contributed by atoms with E-state index < -0.39 is 4.92 Å². The van der Waals surface area contributed by atoms with Gasteiger partial charge >= 0.3 is 0 Å². The molecule has 0 unspecified atom stereocenters. The van der Waals surface area contributed by atoms with Crippen LogP contribution < -0.4 is 5.32 Å². The second-order valence-electron chi connectivity index (χ2n) is 3.94. The van der Waals surface area contributed by atoms with Gasteiger partial charge in [0.25, 0.3) is 11.6 Å². The molecule has 0 bridgehead atoms. The van der Waals surface area contributed by atoms with E-state index in [-0.39, 0.29) is 11.6 Å². The van der Waals surface area contributed by atoms with Gasteiger partial charge in [-0.25, -0.2) is 0 Å². The van der Waals surface area contributed by atoms with Gasteiger partial charge in [-0.1, -0.05) is 12.1 Å². The van der Waals surface area contributed by atoms with Gasteiger partial charge in [0.1, 0.15) is 0 Å². The molecule has 17 heavy (non-hydrogen) atoms. The number of hydrogen-bond donors (Lipinski definition) is 1. The van der Waals surface area contributed by atoms with Crippen LogP contribution in [-0.2, 0) is 4.79 Å². The van der Waals surface area contributed by atoms with Gasteiger partial charge in [-0.15, -0.1) is 0 Å². The molecule has 0 spiro atoms. The van der Waals surface area contributed by atoms with Gasteiger partial charge in [0.2, 0.25) is 0 Å². The molecule has 0 atom stereocenters. The number of nitro groups is 1. The highest BCUT2D eigenvalue weighted by molar-refractivity contribution is 6.21. The van der Waals surface area contributed by atoms with Crippen molar-refractivity contribution in [3.05, 3.63) is 45.5 Å². The summed E-state index contributed by atoms with van der Waals surface area (Å²) in [6.45, 7) is 2.37. The van der Waals surface area contributed by atoms with Crippen molar-refractivity contribution in [2.24, 2.45) is 0 Å². The molecule has 5 heteroatoms. The summed E-state index contributed by atoms with van der Waals surface area (Å²) in [5, 5.41) is 13.7. The van der Waals surface area contributed by atoms with Crippen LogP contribution in [0, 0.1) is 17.0 Å². The number of carbonyl (C=O) groups is 1. The quantitative estimate of drug-likeness (QED) is 0.624. The molecule has 0 saturated heterocycles. The normalized spacial score (nSPS) is 15.1. The molecule has 5 nitrogen and oxygen atoms in total. The van der Waals surface area contributed by atoms with E-state index in [9.17, 15) is 14.9 Å². The van der Waals surface area contributed by atoms with Gasteiger partial charge in [-0.2, -0.15) is 0 Å². The lowest BCUT2D eigenvalue weighted by Crippen LogP contribution is -2.28. The second-order valence-corrected chi connectivity index (χ2v) is 3.94. The maximum Gasteiger partial charge on any atom is 0.277 e. The van der Waals surface area contributed by atoms with Crippen molar-refractivity contribution in [3.63, 3.8) is 0 Å². The van der Waals surface area contributed by atoms with Crippen LogP contribution in [0.15, 0.2) is 24.3 Å². The first-order valence-electron chi connectivity index (χ1n) is 5.33. The van der Waals surface area contributed by atoms with Crippen molar-refractivity contribution >= 4 is 17.2 Å². The summed E-state index contributed by atoms with van der Waals surface area (Å²) in [7, 11) is 0. The number of aryl methyl sites for hydroxylation is 1. The van der Waals surface area contributed by atoms with Crippen molar-refractivity contribution in [1.82, 2.24) is 5.32 Å². The van der Waals surface area contributed by atoms with Crippen LogP contribution in [0.2, 0.25) is 0 Å². The third-order valence-electron chi connectivity index (χ3n) is 2.66. The third-order valence-corrected chi connectivity index (χ3v) is 2.66. The molecule has 0 aromatic heterocycles.